The smallest absolute Gasteiger partial charge is 0.338 e. The minimum Gasteiger partial charge on any atom is -0.497 e. The van der Waals surface area contributed by atoms with Crippen molar-refractivity contribution in [2.75, 3.05) is 23.9 Å². The lowest BCUT2D eigenvalue weighted by Gasteiger charge is -2.18. The zero-order chi connectivity index (χ0) is 23.1. The van der Waals surface area contributed by atoms with Crippen molar-refractivity contribution in [3.8, 4) is 5.75 Å². The third kappa shape index (κ3) is 3.67. The fourth-order valence-electron chi connectivity index (χ4n) is 5.04. The lowest BCUT2D eigenvalue weighted by Crippen LogP contribution is -2.33. The molecule has 1 N–H and O–H groups in total. The number of hydrogen-bond acceptors (Lipinski definition) is 6. The Morgan fingerprint density at radius 3 is 2.39 bits per heavy atom. The molecule has 168 valence electrons. The second kappa shape index (κ2) is 8.20. The van der Waals surface area contributed by atoms with Crippen LogP contribution in [-0.4, -0.2) is 37.4 Å². The lowest BCUT2D eigenvalue weighted by atomic mass is 9.85. The maximum absolute atomic E-state index is 13.0. The SMILES string of the molecule is COc1cccc(NC(=O)COC(=O)c2cccc(N3C(=O)[C@H]4[C@H](C3=O)[C@H]3C=C[C@H]4C3)c2)c1. The number of carbonyl (C=O) groups excluding carboxylic acids is 4. The highest BCUT2D eigenvalue weighted by Gasteiger charge is 2.59. The number of esters is 1. The van der Waals surface area contributed by atoms with Crippen LogP contribution < -0.4 is 15.0 Å². The largest absolute Gasteiger partial charge is 0.497 e. The van der Waals surface area contributed by atoms with Gasteiger partial charge in [-0.1, -0.05) is 24.3 Å². The number of ether oxygens (including phenoxy) is 2. The van der Waals surface area contributed by atoms with E-state index in [0.29, 0.717) is 17.1 Å². The molecule has 0 spiro atoms. The van der Waals surface area contributed by atoms with Crippen molar-refractivity contribution in [2.45, 2.75) is 6.42 Å². The average molecular weight is 446 g/mol. The van der Waals surface area contributed by atoms with Gasteiger partial charge >= 0.3 is 5.97 Å². The predicted molar refractivity (Wildman–Crippen MR) is 119 cm³/mol. The van der Waals surface area contributed by atoms with Crippen LogP contribution in [0.25, 0.3) is 0 Å². The number of fused-ring (bicyclic) bond motifs is 5. The topological polar surface area (TPSA) is 102 Å². The first kappa shape index (κ1) is 20.9. The molecule has 1 heterocycles. The minimum atomic E-state index is -0.723. The number of nitrogens with one attached hydrogen (secondary N) is 1. The van der Waals surface area contributed by atoms with E-state index in [1.807, 2.05) is 12.2 Å². The van der Waals surface area contributed by atoms with Crippen LogP contribution in [0.2, 0.25) is 0 Å². The molecule has 8 nitrogen and oxygen atoms in total. The number of allylic oxidation sites excluding steroid dienone is 2. The zero-order valence-corrected chi connectivity index (χ0v) is 17.9. The summed E-state index contributed by atoms with van der Waals surface area (Å²) in [6.45, 7) is -0.485. The summed E-state index contributed by atoms with van der Waals surface area (Å²) in [7, 11) is 1.52. The molecule has 2 aromatic rings. The number of benzene rings is 2. The van der Waals surface area contributed by atoms with Gasteiger partial charge in [0, 0.05) is 11.8 Å². The molecule has 0 aromatic heterocycles. The summed E-state index contributed by atoms with van der Waals surface area (Å²) in [6.07, 6.45) is 4.92. The van der Waals surface area contributed by atoms with E-state index in [1.165, 1.54) is 24.1 Å². The minimum absolute atomic E-state index is 0.109. The number of anilines is 2. The Morgan fingerprint density at radius 1 is 1.00 bits per heavy atom. The summed E-state index contributed by atoms with van der Waals surface area (Å²) in [5, 5.41) is 2.63. The average Bonchev–Trinajstić information content (AvgIpc) is 3.51. The Labute approximate surface area is 190 Å². The van der Waals surface area contributed by atoms with Crippen molar-refractivity contribution in [3.05, 3.63) is 66.2 Å². The van der Waals surface area contributed by atoms with Crippen molar-refractivity contribution in [2.24, 2.45) is 23.7 Å². The van der Waals surface area contributed by atoms with Gasteiger partial charge in [0.05, 0.1) is 30.2 Å². The number of hydrogen-bond donors (Lipinski definition) is 1. The molecule has 2 bridgehead atoms. The standard InChI is InChI=1S/C25H22N2O6/c1-32-19-7-3-5-17(12-19)26-20(28)13-33-25(31)16-4-2-6-18(11-16)27-23(29)21-14-8-9-15(10-14)22(21)24(27)30/h2-9,11-12,14-15,21-22H,10,13H2,1H3,(H,26,28)/t14-,15-,21+,22+/m0/s1. The summed E-state index contributed by atoms with van der Waals surface area (Å²) in [5.41, 5.74) is 1.01. The summed E-state index contributed by atoms with van der Waals surface area (Å²) in [6, 6.07) is 13.0. The molecule has 1 saturated carbocycles. The Morgan fingerprint density at radius 2 is 1.70 bits per heavy atom. The van der Waals surface area contributed by atoms with Crippen LogP contribution in [0.1, 0.15) is 16.8 Å². The van der Waals surface area contributed by atoms with E-state index in [1.54, 1.807) is 36.4 Å². The van der Waals surface area contributed by atoms with Gasteiger partial charge in [0.2, 0.25) is 11.8 Å². The highest BCUT2D eigenvalue weighted by Crippen LogP contribution is 2.53. The molecule has 3 aliphatic rings. The van der Waals surface area contributed by atoms with Crippen LogP contribution in [0, 0.1) is 23.7 Å². The fourth-order valence-corrected chi connectivity index (χ4v) is 5.04. The van der Waals surface area contributed by atoms with Gasteiger partial charge in [0.1, 0.15) is 5.75 Å². The van der Waals surface area contributed by atoms with E-state index < -0.39 is 18.5 Å². The molecule has 8 heteroatoms. The van der Waals surface area contributed by atoms with Gasteiger partial charge in [-0.05, 0) is 48.6 Å². The predicted octanol–water partition coefficient (Wildman–Crippen LogP) is 2.80. The lowest BCUT2D eigenvalue weighted by molar-refractivity contribution is -0.123. The molecule has 1 saturated heterocycles. The summed E-state index contributed by atoms with van der Waals surface area (Å²) in [5.74, 6) is -1.50. The van der Waals surface area contributed by atoms with Gasteiger partial charge in [-0.3, -0.25) is 14.4 Å². The number of nitrogens with zero attached hydrogens (tertiary/aromatic N) is 1. The van der Waals surface area contributed by atoms with Gasteiger partial charge in [0.15, 0.2) is 6.61 Å². The van der Waals surface area contributed by atoms with Crippen molar-refractivity contribution in [3.63, 3.8) is 0 Å². The van der Waals surface area contributed by atoms with Crippen LogP contribution in [0.3, 0.4) is 0 Å². The van der Waals surface area contributed by atoms with E-state index in [0.717, 1.165) is 6.42 Å². The monoisotopic (exact) mass is 446 g/mol. The van der Waals surface area contributed by atoms with Gasteiger partial charge in [-0.2, -0.15) is 0 Å². The number of amides is 3. The first-order chi connectivity index (χ1) is 16.0. The molecule has 2 aromatic carbocycles. The molecule has 2 fully saturated rings. The Kier molecular flexibility index (Phi) is 5.20. The Balaban J connectivity index is 1.24. The summed E-state index contributed by atoms with van der Waals surface area (Å²) >= 11 is 0. The fraction of sp³-hybridized carbons (Fsp3) is 0.280. The summed E-state index contributed by atoms with van der Waals surface area (Å²) in [4.78, 5) is 51.9. The second-order valence-corrected chi connectivity index (χ2v) is 8.42. The van der Waals surface area contributed by atoms with Crippen LogP contribution in [-0.2, 0) is 19.1 Å². The number of rotatable bonds is 6. The van der Waals surface area contributed by atoms with E-state index in [4.69, 9.17) is 9.47 Å². The molecule has 4 atom stereocenters. The highest BCUT2D eigenvalue weighted by molar-refractivity contribution is 6.23. The number of methoxy groups -OCH3 is 1. The van der Waals surface area contributed by atoms with Crippen LogP contribution in [0.4, 0.5) is 11.4 Å². The molecule has 3 amide bonds. The van der Waals surface area contributed by atoms with E-state index in [9.17, 15) is 19.2 Å². The van der Waals surface area contributed by atoms with E-state index >= 15 is 0 Å². The molecule has 5 rings (SSSR count). The van der Waals surface area contributed by atoms with Crippen molar-refractivity contribution in [1.82, 2.24) is 0 Å². The quantitative estimate of drug-likeness (QED) is 0.416. The van der Waals surface area contributed by atoms with Crippen LogP contribution >= 0.6 is 0 Å². The first-order valence-corrected chi connectivity index (χ1v) is 10.7. The number of carbonyl (C=O) groups is 4. The molecule has 0 unspecified atom stereocenters. The van der Waals surface area contributed by atoms with E-state index in [2.05, 4.69) is 5.32 Å². The zero-order valence-electron chi connectivity index (χ0n) is 17.9. The first-order valence-electron chi connectivity index (χ1n) is 10.7. The van der Waals surface area contributed by atoms with Crippen molar-refractivity contribution < 1.29 is 28.7 Å². The maximum Gasteiger partial charge on any atom is 0.338 e. The van der Waals surface area contributed by atoms with Crippen molar-refractivity contribution >= 4 is 35.1 Å². The maximum atomic E-state index is 13.0. The normalized spacial score (nSPS) is 24.7. The molecule has 33 heavy (non-hydrogen) atoms. The Hall–Kier alpha value is -3.94. The molecular weight excluding hydrogens is 424 g/mol. The molecule has 0 radical (unpaired) electrons. The van der Waals surface area contributed by atoms with Gasteiger partial charge in [0.25, 0.3) is 5.91 Å². The highest BCUT2D eigenvalue weighted by atomic mass is 16.5. The molecule has 2 aliphatic carbocycles. The van der Waals surface area contributed by atoms with Crippen molar-refractivity contribution in [1.29, 1.82) is 0 Å². The van der Waals surface area contributed by atoms with Crippen LogP contribution in [0.5, 0.6) is 5.75 Å². The number of imide groups is 1. The second-order valence-electron chi connectivity index (χ2n) is 8.42. The molecular formula is C25H22N2O6. The third-order valence-electron chi connectivity index (χ3n) is 6.50. The van der Waals surface area contributed by atoms with Gasteiger partial charge < -0.3 is 14.8 Å². The van der Waals surface area contributed by atoms with Gasteiger partial charge in [-0.25, -0.2) is 9.69 Å². The summed E-state index contributed by atoms with van der Waals surface area (Å²) < 4.78 is 10.2. The molecule has 1 aliphatic heterocycles. The van der Waals surface area contributed by atoms with Gasteiger partial charge in [-0.15, -0.1) is 0 Å². The Bertz CT molecular complexity index is 1160. The third-order valence-corrected chi connectivity index (χ3v) is 6.50. The van der Waals surface area contributed by atoms with E-state index in [-0.39, 0.29) is 41.0 Å². The van der Waals surface area contributed by atoms with Crippen LogP contribution in [0.15, 0.2) is 60.7 Å².